The van der Waals surface area contributed by atoms with Gasteiger partial charge in [-0.3, -0.25) is 4.79 Å². The first kappa shape index (κ1) is 26.8. The van der Waals surface area contributed by atoms with Crippen molar-refractivity contribution in [3.05, 3.63) is 47.4 Å². The van der Waals surface area contributed by atoms with E-state index in [1.54, 1.807) is 6.07 Å². The summed E-state index contributed by atoms with van der Waals surface area (Å²) in [5.74, 6) is -1.79. The lowest BCUT2D eigenvalue weighted by Crippen LogP contribution is -2.40. The van der Waals surface area contributed by atoms with Crippen molar-refractivity contribution in [2.75, 3.05) is 23.3 Å². The SMILES string of the molecule is CCCCC(N)=O.O=C(O)c1ccc(N2CCC(Nc3ccc(F)cc3C(F)(F)F)CC2)nn1. The number of hydrogen-bond acceptors (Lipinski definition) is 6. The van der Waals surface area contributed by atoms with Gasteiger partial charge in [-0.15, -0.1) is 10.2 Å². The molecule has 4 N–H and O–H groups in total. The Morgan fingerprint density at radius 2 is 1.85 bits per heavy atom. The molecule has 3 rings (SSSR count). The second kappa shape index (κ2) is 12.1. The number of carboxylic acid groups (broad SMARTS) is 1. The Morgan fingerprint density at radius 3 is 2.32 bits per heavy atom. The Bertz CT molecular complexity index is 962. The number of nitrogens with one attached hydrogen (secondary N) is 1. The molecule has 1 aromatic carbocycles. The summed E-state index contributed by atoms with van der Waals surface area (Å²) in [5.41, 5.74) is 3.51. The molecule has 0 radical (unpaired) electrons. The van der Waals surface area contributed by atoms with Crippen LogP contribution in [0.1, 0.15) is 55.1 Å². The number of benzene rings is 1. The molecule has 1 aromatic heterocycles. The summed E-state index contributed by atoms with van der Waals surface area (Å²) in [6.45, 7) is 3.06. The zero-order chi connectivity index (χ0) is 25.3. The molecular weight excluding hydrogens is 458 g/mol. The first-order valence-corrected chi connectivity index (χ1v) is 10.7. The molecule has 2 heterocycles. The van der Waals surface area contributed by atoms with Crippen molar-refractivity contribution in [1.29, 1.82) is 0 Å². The fourth-order valence-electron chi connectivity index (χ4n) is 3.31. The predicted molar refractivity (Wildman–Crippen MR) is 118 cm³/mol. The summed E-state index contributed by atoms with van der Waals surface area (Å²) in [6.07, 6.45) is -1.06. The van der Waals surface area contributed by atoms with Crippen LogP contribution in [0.3, 0.4) is 0 Å². The van der Waals surface area contributed by atoms with Gasteiger partial charge in [0.25, 0.3) is 0 Å². The van der Waals surface area contributed by atoms with Crippen LogP contribution in [0.4, 0.5) is 29.1 Å². The number of rotatable bonds is 7. The highest BCUT2D eigenvalue weighted by Crippen LogP contribution is 2.36. The topological polar surface area (TPSA) is 121 Å². The molecule has 0 bridgehead atoms. The minimum Gasteiger partial charge on any atom is -0.476 e. The van der Waals surface area contributed by atoms with Crippen molar-refractivity contribution < 1.29 is 32.3 Å². The quantitative estimate of drug-likeness (QED) is 0.506. The third kappa shape index (κ3) is 8.16. The molecule has 12 heteroatoms. The zero-order valence-electron chi connectivity index (χ0n) is 18.6. The van der Waals surface area contributed by atoms with Crippen LogP contribution < -0.4 is 16.0 Å². The number of aromatic nitrogens is 2. The average molecular weight is 485 g/mol. The first-order valence-electron chi connectivity index (χ1n) is 10.7. The maximum Gasteiger partial charge on any atom is 0.418 e. The molecule has 2 aromatic rings. The van der Waals surface area contributed by atoms with Crippen LogP contribution in [0.5, 0.6) is 0 Å². The van der Waals surface area contributed by atoms with E-state index in [-0.39, 0.29) is 23.3 Å². The van der Waals surface area contributed by atoms with Crippen molar-refractivity contribution in [2.24, 2.45) is 5.73 Å². The number of hydrogen-bond donors (Lipinski definition) is 3. The summed E-state index contributed by atoms with van der Waals surface area (Å²) in [4.78, 5) is 22.7. The van der Waals surface area contributed by atoms with Gasteiger partial charge in [-0.25, -0.2) is 9.18 Å². The van der Waals surface area contributed by atoms with E-state index in [2.05, 4.69) is 15.5 Å². The van der Waals surface area contributed by atoms with E-state index < -0.39 is 23.5 Å². The number of anilines is 2. The maximum atomic E-state index is 13.2. The molecule has 34 heavy (non-hydrogen) atoms. The molecular formula is C22H27F4N5O3. The summed E-state index contributed by atoms with van der Waals surface area (Å²) >= 11 is 0. The number of nitrogens with two attached hydrogens (primary N) is 1. The molecule has 0 atom stereocenters. The highest BCUT2D eigenvalue weighted by molar-refractivity contribution is 5.85. The number of amides is 1. The zero-order valence-corrected chi connectivity index (χ0v) is 18.6. The molecule has 0 saturated carbocycles. The fourth-order valence-corrected chi connectivity index (χ4v) is 3.31. The fraction of sp³-hybridized carbons (Fsp3) is 0.455. The van der Waals surface area contributed by atoms with Crippen molar-refractivity contribution in [3.63, 3.8) is 0 Å². The standard InChI is InChI=1S/C17H16F4N4O2.C5H11NO/c18-10-1-2-13(12(9-10)17(19,20)21)22-11-5-7-25(8-6-11)15-4-3-14(16(26)27)23-24-15;1-2-3-4-5(6)7/h1-4,9,11,22H,5-8H2,(H,26,27);2-4H2,1H3,(H2,6,7). The van der Waals surface area contributed by atoms with E-state index >= 15 is 0 Å². The normalized spacial score (nSPS) is 14.2. The lowest BCUT2D eigenvalue weighted by atomic mass is 10.0. The molecule has 1 aliphatic heterocycles. The largest absolute Gasteiger partial charge is 0.476 e. The molecule has 1 aliphatic rings. The van der Waals surface area contributed by atoms with Crippen LogP contribution in [0, 0.1) is 5.82 Å². The van der Waals surface area contributed by atoms with Crippen molar-refractivity contribution in [1.82, 2.24) is 10.2 Å². The Balaban J connectivity index is 0.000000509. The third-order valence-corrected chi connectivity index (χ3v) is 5.11. The van der Waals surface area contributed by atoms with Gasteiger partial charge in [-0.1, -0.05) is 13.3 Å². The third-order valence-electron chi connectivity index (χ3n) is 5.11. The van der Waals surface area contributed by atoms with E-state index in [1.165, 1.54) is 6.07 Å². The van der Waals surface area contributed by atoms with Gasteiger partial charge in [-0.05, 0) is 49.6 Å². The summed E-state index contributed by atoms with van der Waals surface area (Å²) in [6, 6.07) is 5.26. The highest BCUT2D eigenvalue weighted by Gasteiger charge is 2.34. The Kier molecular flexibility index (Phi) is 9.58. The van der Waals surface area contributed by atoms with Gasteiger partial charge in [0.05, 0.1) is 5.56 Å². The van der Waals surface area contributed by atoms with Crippen molar-refractivity contribution in [2.45, 2.75) is 51.2 Å². The van der Waals surface area contributed by atoms with Crippen LogP contribution in [-0.4, -0.2) is 46.3 Å². The molecule has 8 nitrogen and oxygen atoms in total. The summed E-state index contributed by atoms with van der Waals surface area (Å²) in [7, 11) is 0. The lowest BCUT2D eigenvalue weighted by molar-refractivity contribution is -0.137. The van der Waals surface area contributed by atoms with E-state index in [9.17, 15) is 27.2 Å². The number of carboxylic acids is 1. The highest BCUT2D eigenvalue weighted by atomic mass is 19.4. The maximum absolute atomic E-state index is 13.2. The van der Waals surface area contributed by atoms with Gasteiger partial charge in [-0.2, -0.15) is 13.2 Å². The number of unbranched alkanes of at least 4 members (excludes halogenated alkanes) is 1. The van der Waals surface area contributed by atoms with Crippen LogP contribution >= 0.6 is 0 Å². The second-order valence-corrected chi connectivity index (χ2v) is 7.75. The van der Waals surface area contributed by atoms with Crippen molar-refractivity contribution in [3.8, 4) is 0 Å². The van der Waals surface area contributed by atoms with Gasteiger partial charge in [0, 0.05) is 31.2 Å². The molecule has 1 fully saturated rings. The molecule has 1 saturated heterocycles. The number of carbonyl (C=O) groups excluding carboxylic acids is 1. The summed E-state index contributed by atoms with van der Waals surface area (Å²) < 4.78 is 52.4. The van der Waals surface area contributed by atoms with Crippen LogP contribution in [0.25, 0.3) is 0 Å². The number of piperidine rings is 1. The van der Waals surface area contributed by atoms with E-state index in [0.29, 0.717) is 44.2 Å². The number of carbonyl (C=O) groups is 2. The number of alkyl halides is 3. The Hall–Kier alpha value is -3.44. The minimum absolute atomic E-state index is 0.145. The molecule has 1 amide bonds. The number of nitrogens with zero attached hydrogens (tertiary/aromatic N) is 3. The van der Waals surface area contributed by atoms with Crippen molar-refractivity contribution >= 4 is 23.4 Å². The van der Waals surface area contributed by atoms with Gasteiger partial charge in [0.2, 0.25) is 5.91 Å². The number of primary amides is 1. The van der Waals surface area contributed by atoms with Gasteiger partial charge < -0.3 is 21.1 Å². The van der Waals surface area contributed by atoms with Gasteiger partial charge in [0.15, 0.2) is 11.5 Å². The van der Waals surface area contributed by atoms with E-state index in [4.69, 9.17) is 10.8 Å². The predicted octanol–water partition coefficient (Wildman–Crippen LogP) is 4.08. The average Bonchev–Trinajstić information content (AvgIpc) is 2.79. The van der Waals surface area contributed by atoms with Crippen LogP contribution in [0.15, 0.2) is 30.3 Å². The number of aromatic carboxylic acids is 1. The lowest BCUT2D eigenvalue weighted by Gasteiger charge is -2.33. The van der Waals surface area contributed by atoms with Gasteiger partial charge in [0.1, 0.15) is 5.82 Å². The first-order chi connectivity index (χ1) is 16.0. The molecule has 0 spiro atoms. The number of halogens is 4. The molecule has 0 unspecified atom stereocenters. The molecule has 0 aliphatic carbocycles. The Morgan fingerprint density at radius 1 is 1.18 bits per heavy atom. The summed E-state index contributed by atoms with van der Waals surface area (Å²) in [5, 5.41) is 19.2. The van der Waals surface area contributed by atoms with E-state index in [0.717, 1.165) is 25.0 Å². The Labute approximate surface area is 194 Å². The van der Waals surface area contributed by atoms with Gasteiger partial charge >= 0.3 is 12.1 Å². The smallest absolute Gasteiger partial charge is 0.418 e. The minimum atomic E-state index is -4.65. The monoisotopic (exact) mass is 485 g/mol. The second-order valence-electron chi connectivity index (χ2n) is 7.75. The van der Waals surface area contributed by atoms with E-state index in [1.807, 2.05) is 11.8 Å². The van der Waals surface area contributed by atoms with Crippen LogP contribution in [0.2, 0.25) is 0 Å². The van der Waals surface area contributed by atoms with Crippen LogP contribution in [-0.2, 0) is 11.0 Å². The molecule has 186 valence electrons.